The van der Waals surface area contributed by atoms with E-state index in [2.05, 4.69) is 0 Å². The Morgan fingerprint density at radius 2 is 1.92 bits per heavy atom. The second kappa shape index (κ2) is 7.16. The summed E-state index contributed by atoms with van der Waals surface area (Å²) in [7, 11) is 0. The van der Waals surface area contributed by atoms with E-state index in [9.17, 15) is 14.4 Å². The van der Waals surface area contributed by atoms with Crippen LogP contribution in [-0.2, 0) is 20.8 Å². The Morgan fingerprint density at radius 3 is 2.62 bits per heavy atom. The second-order valence-electron chi connectivity index (χ2n) is 6.84. The van der Waals surface area contributed by atoms with Crippen LogP contribution in [0.2, 0.25) is 0 Å². The van der Waals surface area contributed by atoms with Crippen molar-refractivity contribution >= 4 is 17.7 Å². The van der Waals surface area contributed by atoms with Gasteiger partial charge in [0.1, 0.15) is 6.54 Å². The van der Waals surface area contributed by atoms with Gasteiger partial charge in [0.15, 0.2) is 0 Å². The largest absolute Gasteiger partial charge is 0.338 e. The molecule has 3 rings (SSSR count). The average molecular weight is 328 g/mol. The first-order valence-corrected chi connectivity index (χ1v) is 8.74. The number of carbonyl (C=O) groups excluding carboxylic acids is 3. The van der Waals surface area contributed by atoms with Crippen LogP contribution < -0.4 is 0 Å². The zero-order valence-electron chi connectivity index (χ0n) is 14.1. The molecule has 2 fully saturated rings. The van der Waals surface area contributed by atoms with Crippen LogP contribution in [0.25, 0.3) is 0 Å². The molecule has 3 amide bonds. The van der Waals surface area contributed by atoms with Crippen molar-refractivity contribution in [3.8, 4) is 0 Å². The number of hydrogen-bond donors (Lipinski definition) is 0. The lowest BCUT2D eigenvalue weighted by molar-refractivity contribution is -0.147. The van der Waals surface area contributed by atoms with E-state index in [0.29, 0.717) is 6.42 Å². The molecule has 2 atom stereocenters. The molecule has 0 saturated carbocycles. The second-order valence-corrected chi connectivity index (χ2v) is 6.84. The summed E-state index contributed by atoms with van der Waals surface area (Å²) in [5.41, 5.74) is 1.04. The lowest BCUT2D eigenvalue weighted by Gasteiger charge is -2.34. The maximum Gasteiger partial charge on any atom is 0.242 e. The van der Waals surface area contributed by atoms with Crippen LogP contribution in [-0.4, -0.2) is 46.7 Å². The molecule has 0 aliphatic carbocycles. The summed E-state index contributed by atoms with van der Waals surface area (Å²) in [4.78, 5) is 40.3. The maximum absolute atomic E-state index is 12.6. The van der Waals surface area contributed by atoms with E-state index in [4.69, 9.17) is 0 Å². The fraction of sp³-hybridized carbons (Fsp3) is 0.526. The van der Waals surface area contributed by atoms with Gasteiger partial charge in [-0.2, -0.15) is 0 Å². The van der Waals surface area contributed by atoms with E-state index in [0.717, 1.165) is 36.3 Å². The Morgan fingerprint density at radius 1 is 1.17 bits per heavy atom. The van der Waals surface area contributed by atoms with Crippen molar-refractivity contribution in [3.63, 3.8) is 0 Å². The molecule has 0 N–H and O–H groups in total. The van der Waals surface area contributed by atoms with Gasteiger partial charge >= 0.3 is 0 Å². The van der Waals surface area contributed by atoms with Gasteiger partial charge in [-0.15, -0.1) is 0 Å². The topological polar surface area (TPSA) is 57.7 Å². The molecule has 0 unspecified atom stereocenters. The van der Waals surface area contributed by atoms with E-state index in [1.54, 1.807) is 0 Å². The van der Waals surface area contributed by atoms with Gasteiger partial charge in [0.05, 0.1) is 5.92 Å². The number of carbonyl (C=O) groups is 3. The summed E-state index contributed by atoms with van der Waals surface area (Å²) in [5, 5.41) is 0. The van der Waals surface area contributed by atoms with Crippen molar-refractivity contribution in [3.05, 3.63) is 35.9 Å². The number of imide groups is 1. The van der Waals surface area contributed by atoms with Crippen LogP contribution in [0, 0.1) is 5.92 Å². The smallest absolute Gasteiger partial charge is 0.242 e. The molecule has 0 aromatic heterocycles. The zero-order chi connectivity index (χ0) is 17.1. The Kier molecular flexibility index (Phi) is 4.97. The van der Waals surface area contributed by atoms with Crippen molar-refractivity contribution in [2.45, 2.75) is 45.1 Å². The average Bonchev–Trinajstić information content (AvgIpc) is 2.83. The molecule has 0 radical (unpaired) electrons. The standard InChI is InChI=1S/C19H24N2O3/c1-14-7-5-6-10-20(14)18(23)13-21-17(22)12-16(19(21)24)11-15-8-3-2-4-9-15/h2-4,8-9,14,16H,5-7,10-13H2,1H3/t14-,16-/m0/s1. The lowest BCUT2D eigenvalue weighted by Crippen LogP contribution is -2.48. The van der Waals surface area contributed by atoms with Crippen molar-refractivity contribution in [2.24, 2.45) is 5.92 Å². The zero-order valence-corrected chi connectivity index (χ0v) is 14.1. The van der Waals surface area contributed by atoms with E-state index >= 15 is 0 Å². The fourth-order valence-electron chi connectivity index (χ4n) is 3.67. The minimum absolute atomic E-state index is 0.104. The van der Waals surface area contributed by atoms with Gasteiger partial charge in [0.2, 0.25) is 17.7 Å². The third-order valence-electron chi connectivity index (χ3n) is 5.08. The summed E-state index contributed by atoms with van der Waals surface area (Å²) in [5.74, 6) is -0.878. The molecule has 24 heavy (non-hydrogen) atoms. The van der Waals surface area contributed by atoms with Crippen LogP contribution in [0.5, 0.6) is 0 Å². The molecule has 128 valence electrons. The number of benzene rings is 1. The van der Waals surface area contributed by atoms with E-state index in [-0.39, 0.29) is 42.6 Å². The molecule has 5 heteroatoms. The summed E-state index contributed by atoms with van der Waals surface area (Å²) < 4.78 is 0. The molecule has 0 spiro atoms. The Hall–Kier alpha value is -2.17. The van der Waals surface area contributed by atoms with Crippen molar-refractivity contribution in [2.75, 3.05) is 13.1 Å². The summed E-state index contributed by atoms with van der Waals surface area (Å²) in [6, 6.07) is 9.89. The van der Waals surface area contributed by atoms with Crippen molar-refractivity contribution in [1.29, 1.82) is 0 Å². The van der Waals surface area contributed by atoms with Gasteiger partial charge in [-0.3, -0.25) is 19.3 Å². The van der Waals surface area contributed by atoms with Gasteiger partial charge in [-0.1, -0.05) is 30.3 Å². The summed E-state index contributed by atoms with van der Waals surface area (Å²) in [6.07, 6.45) is 3.87. The monoisotopic (exact) mass is 328 g/mol. The van der Waals surface area contributed by atoms with Crippen LogP contribution in [0.1, 0.15) is 38.2 Å². The quantitative estimate of drug-likeness (QED) is 0.795. The number of amides is 3. The van der Waals surface area contributed by atoms with Crippen LogP contribution in [0.3, 0.4) is 0 Å². The third kappa shape index (κ3) is 3.50. The molecular weight excluding hydrogens is 304 g/mol. The molecule has 0 bridgehead atoms. The normalized spacial score (nSPS) is 24.5. The Bertz CT molecular complexity index is 629. The number of rotatable bonds is 4. The highest BCUT2D eigenvalue weighted by Crippen LogP contribution is 2.24. The number of likely N-dealkylation sites (tertiary alicyclic amines) is 2. The summed E-state index contributed by atoms with van der Waals surface area (Å²) >= 11 is 0. The van der Waals surface area contributed by atoms with Gasteiger partial charge in [-0.05, 0) is 38.2 Å². The van der Waals surface area contributed by atoms with Gasteiger partial charge in [0, 0.05) is 19.0 Å². The van der Waals surface area contributed by atoms with Gasteiger partial charge < -0.3 is 4.90 Å². The predicted octanol–water partition coefficient (Wildman–Crippen LogP) is 2.01. The number of piperidine rings is 1. The number of hydrogen-bond acceptors (Lipinski definition) is 3. The number of nitrogens with zero attached hydrogens (tertiary/aromatic N) is 2. The minimum atomic E-state index is -0.341. The SMILES string of the molecule is C[C@H]1CCCCN1C(=O)CN1C(=O)C[C@H](Cc2ccccc2)C1=O. The molecule has 2 heterocycles. The first kappa shape index (κ1) is 16.7. The van der Waals surface area contributed by atoms with Crippen LogP contribution >= 0.6 is 0 Å². The molecular formula is C19H24N2O3. The van der Waals surface area contributed by atoms with E-state index in [1.807, 2.05) is 42.2 Å². The molecule has 2 saturated heterocycles. The van der Waals surface area contributed by atoms with Crippen molar-refractivity contribution < 1.29 is 14.4 Å². The van der Waals surface area contributed by atoms with E-state index < -0.39 is 0 Å². The minimum Gasteiger partial charge on any atom is -0.338 e. The fourth-order valence-corrected chi connectivity index (χ4v) is 3.67. The van der Waals surface area contributed by atoms with Crippen molar-refractivity contribution in [1.82, 2.24) is 9.80 Å². The highest BCUT2D eigenvalue weighted by molar-refractivity contribution is 6.06. The molecule has 2 aliphatic heterocycles. The highest BCUT2D eigenvalue weighted by Gasteiger charge is 2.40. The van der Waals surface area contributed by atoms with Gasteiger partial charge in [0.25, 0.3) is 0 Å². The molecule has 1 aromatic carbocycles. The molecule has 1 aromatic rings. The first-order valence-electron chi connectivity index (χ1n) is 8.74. The van der Waals surface area contributed by atoms with E-state index in [1.165, 1.54) is 0 Å². The summed E-state index contributed by atoms with van der Waals surface area (Å²) in [6.45, 7) is 2.65. The van der Waals surface area contributed by atoms with Crippen LogP contribution in [0.15, 0.2) is 30.3 Å². The molecule has 5 nitrogen and oxygen atoms in total. The Balaban J connectivity index is 1.62. The lowest BCUT2D eigenvalue weighted by atomic mass is 9.98. The van der Waals surface area contributed by atoms with Crippen LogP contribution in [0.4, 0.5) is 0 Å². The molecule has 2 aliphatic rings. The third-order valence-corrected chi connectivity index (χ3v) is 5.08. The first-order chi connectivity index (χ1) is 11.6. The predicted molar refractivity (Wildman–Crippen MR) is 90.0 cm³/mol. The van der Waals surface area contributed by atoms with Gasteiger partial charge in [-0.25, -0.2) is 0 Å². The Labute approximate surface area is 142 Å². The highest BCUT2D eigenvalue weighted by atomic mass is 16.2. The maximum atomic E-state index is 12.6.